The predicted octanol–water partition coefficient (Wildman–Crippen LogP) is 1.90. The topological polar surface area (TPSA) is 111 Å². The second kappa shape index (κ2) is 5.47. The zero-order valence-corrected chi connectivity index (χ0v) is 14.7. The molecule has 8 nitrogen and oxygen atoms in total. The van der Waals surface area contributed by atoms with Crippen molar-refractivity contribution in [2.75, 3.05) is 12.4 Å². The number of imidazole rings is 1. The number of hydrogen-bond donors (Lipinski definition) is 2. The minimum atomic E-state index is -0.644. The van der Waals surface area contributed by atoms with E-state index in [0.29, 0.717) is 11.5 Å². The number of anilines is 1. The van der Waals surface area contributed by atoms with Crippen molar-refractivity contribution in [2.24, 2.45) is 5.73 Å². The standard InChI is InChI=1S/C19H17N7O/c1-21-16-13-9-23-15(19(3-4-19)17(20)27)7-11(13)12(8-24-16)14-10-26-6-2-5-22-18(26)25-14/h2,5-10H,3-4H2,1H3,(H2,20,27)(H,21,24). The normalized spacial score (nSPS) is 15.1. The van der Waals surface area contributed by atoms with Gasteiger partial charge in [-0.25, -0.2) is 15.0 Å². The minimum Gasteiger partial charge on any atom is -0.373 e. The van der Waals surface area contributed by atoms with Gasteiger partial charge in [0.1, 0.15) is 5.82 Å². The Bertz CT molecular complexity index is 1180. The number of rotatable bonds is 4. The first-order chi connectivity index (χ1) is 13.1. The second-order valence-corrected chi connectivity index (χ2v) is 6.79. The third kappa shape index (κ3) is 2.26. The molecule has 1 aliphatic rings. The van der Waals surface area contributed by atoms with Gasteiger partial charge in [-0.15, -0.1) is 0 Å². The van der Waals surface area contributed by atoms with Crippen LogP contribution in [-0.2, 0) is 10.2 Å². The highest BCUT2D eigenvalue weighted by Gasteiger charge is 2.51. The molecule has 5 rings (SSSR count). The number of hydrogen-bond acceptors (Lipinski definition) is 6. The molecule has 0 atom stereocenters. The van der Waals surface area contributed by atoms with Crippen LogP contribution >= 0.6 is 0 Å². The summed E-state index contributed by atoms with van der Waals surface area (Å²) in [4.78, 5) is 29.9. The van der Waals surface area contributed by atoms with E-state index in [1.807, 2.05) is 36.0 Å². The number of fused-ring (bicyclic) bond motifs is 2. The van der Waals surface area contributed by atoms with E-state index < -0.39 is 5.41 Å². The molecule has 3 N–H and O–H groups in total. The third-order valence-corrected chi connectivity index (χ3v) is 5.23. The summed E-state index contributed by atoms with van der Waals surface area (Å²) in [6.07, 6.45) is 10.5. The molecule has 27 heavy (non-hydrogen) atoms. The summed E-state index contributed by atoms with van der Waals surface area (Å²) in [5.74, 6) is 1.01. The van der Waals surface area contributed by atoms with Crippen LogP contribution < -0.4 is 11.1 Å². The molecule has 0 radical (unpaired) electrons. The average Bonchev–Trinajstić information content (AvgIpc) is 3.40. The van der Waals surface area contributed by atoms with Gasteiger partial charge in [0.15, 0.2) is 0 Å². The Labute approximate surface area is 154 Å². The predicted molar refractivity (Wildman–Crippen MR) is 101 cm³/mol. The van der Waals surface area contributed by atoms with Gasteiger partial charge in [-0.05, 0) is 30.4 Å². The molecule has 0 bridgehead atoms. The van der Waals surface area contributed by atoms with Gasteiger partial charge in [0.25, 0.3) is 0 Å². The largest absolute Gasteiger partial charge is 0.373 e. The monoisotopic (exact) mass is 359 g/mol. The first-order valence-electron chi connectivity index (χ1n) is 8.69. The van der Waals surface area contributed by atoms with Gasteiger partial charge in [0.2, 0.25) is 11.7 Å². The van der Waals surface area contributed by atoms with E-state index in [0.717, 1.165) is 40.7 Å². The van der Waals surface area contributed by atoms with Gasteiger partial charge in [-0.1, -0.05) is 0 Å². The summed E-state index contributed by atoms with van der Waals surface area (Å²) in [5.41, 5.74) is 7.32. The Morgan fingerprint density at radius 1 is 1.22 bits per heavy atom. The molecule has 4 aromatic rings. The Morgan fingerprint density at radius 3 is 2.78 bits per heavy atom. The first kappa shape index (κ1) is 15.7. The molecular weight excluding hydrogens is 342 g/mol. The van der Waals surface area contributed by atoms with Crippen LogP contribution in [0.1, 0.15) is 18.5 Å². The number of amides is 1. The van der Waals surface area contributed by atoms with Crippen molar-refractivity contribution in [3.63, 3.8) is 0 Å². The van der Waals surface area contributed by atoms with Gasteiger partial charge in [0, 0.05) is 49.0 Å². The van der Waals surface area contributed by atoms with E-state index in [-0.39, 0.29) is 5.91 Å². The van der Waals surface area contributed by atoms with Gasteiger partial charge in [0.05, 0.1) is 16.8 Å². The van der Waals surface area contributed by atoms with E-state index in [1.54, 1.807) is 18.6 Å². The number of pyridine rings is 2. The van der Waals surface area contributed by atoms with Crippen LogP contribution in [0.4, 0.5) is 5.82 Å². The van der Waals surface area contributed by atoms with Crippen molar-refractivity contribution in [1.29, 1.82) is 0 Å². The molecular formula is C19H17N7O. The number of nitrogens with zero attached hydrogens (tertiary/aromatic N) is 5. The molecule has 1 fully saturated rings. The van der Waals surface area contributed by atoms with Crippen molar-refractivity contribution in [3.05, 3.63) is 48.8 Å². The summed E-state index contributed by atoms with van der Waals surface area (Å²) in [5, 5.41) is 4.88. The Kier molecular flexibility index (Phi) is 3.18. The molecule has 4 heterocycles. The molecule has 1 saturated carbocycles. The van der Waals surface area contributed by atoms with Crippen molar-refractivity contribution in [2.45, 2.75) is 18.3 Å². The summed E-state index contributed by atoms with van der Waals surface area (Å²) >= 11 is 0. The van der Waals surface area contributed by atoms with E-state index in [9.17, 15) is 4.79 Å². The van der Waals surface area contributed by atoms with E-state index in [4.69, 9.17) is 5.73 Å². The van der Waals surface area contributed by atoms with Crippen molar-refractivity contribution in [3.8, 4) is 11.3 Å². The lowest BCUT2D eigenvalue weighted by Crippen LogP contribution is -2.29. The number of primary amides is 1. The van der Waals surface area contributed by atoms with E-state index in [1.165, 1.54) is 0 Å². The van der Waals surface area contributed by atoms with Crippen LogP contribution in [0.15, 0.2) is 43.1 Å². The van der Waals surface area contributed by atoms with Crippen LogP contribution in [0, 0.1) is 0 Å². The molecule has 0 unspecified atom stereocenters. The SMILES string of the molecule is CNc1ncc(-c2cn3cccnc3n2)c2cc(C3(C(N)=O)CC3)ncc12. The Hall–Kier alpha value is -3.55. The molecule has 1 amide bonds. The highest BCUT2D eigenvalue weighted by Crippen LogP contribution is 2.48. The quantitative estimate of drug-likeness (QED) is 0.576. The maximum absolute atomic E-state index is 11.9. The third-order valence-electron chi connectivity index (χ3n) is 5.23. The fraction of sp³-hybridized carbons (Fsp3) is 0.211. The maximum atomic E-state index is 11.9. The number of nitrogens with two attached hydrogens (primary N) is 1. The van der Waals surface area contributed by atoms with E-state index >= 15 is 0 Å². The number of nitrogens with one attached hydrogen (secondary N) is 1. The van der Waals surface area contributed by atoms with Gasteiger partial charge in [-0.3, -0.25) is 14.2 Å². The zero-order chi connectivity index (χ0) is 18.6. The molecule has 0 aliphatic heterocycles. The molecule has 0 spiro atoms. The fourth-order valence-electron chi connectivity index (χ4n) is 3.51. The number of carbonyl (C=O) groups is 1. The summed E-state index contributed by atoms with van der Waals surface area (Å²) < 4.78 is 1.86. The van der Waals surface area contributed by atoms with Gasteiger partial charge in [-0.2, -0.15) is 0 Å². The molecule has 1 aliphatic carbocycles. The Morgan fingerprint density at radius 2 is 2.07 bits per heavy atom. The Balaban J connectivity index is 1.77. The van der Waals surface area contributed by atoms with Crippen LogP contribution in [0.5, 0.6) is 0 Å². The zero-order valence-electron chi connectivity index (χ0n) is 14.7. The van der Waals surface area contributed by atoms with E-state index in [2.05, 4.69) is 25.3 Å². The van der Waals surface area contributed by atoms with Crippen LogP contribution in [0.25, 0.3) is 27.8 Å². The molecule has 134 valence electrons. The fourth-order valence-corrected chi connectivity index (χ4v) is 3.51. The molecule has 0 aromatic carbocycles. The number of aromatic nitrogens is 5. The molecule has 4 aromatic heterocycles. The van der Waals surface area contributed by atoms with Gasteiger partial charge >= 0.3 is 0 Å². The van der Waals surface area contributed by atoms with Crippen LogP contribution in [0.3, 0.4) is 0 Å². The van der Waals surface area contributed by atoms with Crippen molar-refractivity contribution in [1.82, 2.24) is 24.3 Å². The molecule has 0 saturated heterocycles. The van der Waals surface area contributed by atoms with Crippen LogP contribution in [-0.4, -0.2) is 37.3 Å². The maximum Gasteiger partial charge on any atom is 0.234 e. The number of carbonyl (C=O) groups excluding carboxylic acids is 1. The van der Waals surface area contributed by atoms with Gasteiger partial charge < -0.3 is 11.1 Å². The first-order valence-corrected chi connectivity index (χ1v) is 8.69. The highest BCUT2D eigenvalue weighted by atomic mass is 16.1. The summed E-state index contributed by atoms with van der Waals surface area (Å²) in [6.45, 7) is 0. The van der Waals surface area contributed by atoms with Crippen molar-refractivity contribution >= 4 is 28.3 Å². The second-order valence-electron chi connectivity index (χ2n) is 6.79. The average molecular weight is 359 g/mol. The molecule has 8 heteroatoms. The highest BCUT2D eigenvalue weighted by molar-refractivity contribution is 6.02. The lowest BCUT2D eigenvalue weighted by Gasteiger charge is -2.14. The minimum absolute atomic E-state index is 0.323. The van der Waals surface area contributed by atoms with Crippen LogP contribution in [0.2, 0.25) is 0 Å². The van der Waals surface area contributed by atoms with Crippen molar-refractivity contribution < 1.29 is 4.79 Å². The summed E-state index contributed by atoms with van der Waals surface area (Å²) in [6, 6.07) is 3.80. The smallest absolute Gasteiger partial charge is 0.234 e. The lowest BCUT2D eigenvalue weighted by atomic mass is 9.97. The summed E-state index contributed by atoms with van der Waals surface area (Å²) in [7, 11) is 1.82. The lowest BCUT2D eigenvalue weighted by molar-refractivity contribution is -0.120.